The Balaban J connectivity index is 2.21. The molecule has 0 amide bonds. The van der Waals surface area contributed by atoms with Gasteiger partial charge in [-0.3, -0.25) is 0 Å². The van der Waals surface area contributed by atoms with Crippen molar-refractivity contribution in [2.75, 3.05) is 25.5 Å². The molecule has 1 aliphatic rings. The Morgan fingerprint density at radius 3 is 2.92 bits per heavy atom. The zero-order chi connectivity index (χ0) is 8.97. The lowest BCUT2D eigenvalue weighted by atomic mass is 9.97. The number of hydrogen-bond donors (Lipinski definition) is 1. The molecule has 1 heterocycles. The molecule has 0 spiro atoms. The summed E-state index contributed by atoms with van der Waals surface area (Å²) < 4.78 is 0. The molecular formula is C9H18ClNO. The van der Waals surface area contributed by atoms with E-state index in [1.807, 2.05) is 0 Å². The van der Waals surface area contributed by atoms with Gasteiger partial charge < -0.3 is 10.0 Å². The van der Waals surface area contributed by atoms with Crippen molar-refractivity contribution < 1.29 is 5.11 Å². The molecule has 1 aliphatic heterocycles. The fourth-order valence-electron chi connectivity index (χ4n) is 1.71. The summed E-state index contributed by atoms with van der Waals surface area (Å²) in [5.41, 5.74) is 0. The molecule has 0 aromatic rings. The number of aliphatic hydroxyl groups is 1. The van der Waals surface area contributed by atoms with Gasteiger partial charge >= 0.3 is 0 Å². The van der Waals surface area contributed by atoms with E-state index in [4.69, 9.17) is 11.6 Å². The first kappa shape index (κ1) is 10.3. The van der Waals surface area contributed by atoms with Crippen LogP contribution >= 0.6 is 11.6 Å². The second-order valence-corrected chi connectivity index (χ2v) is 4.05. The van der Waals surface area contributed by atoms with Crippen molar-refractivity contribution in [3.8, 4) is 0 Å². The third-order valence-corrected chi connectivity index (χ3v) is 2.82. The van der Waals surface area contributed by atoms with E-state index >= 15 is 0 Å². The van der Waals surface area contributed by atoms with Crippen LogP contribution < -0.4 is 0 Å². The standard InChI is InChI=1S/C9H18ClNO/c1-8-7-11(5-2-4-10)6-3-9(8)12/h8-9,12H,2-7H2,1H3. The molecule has 2 atom stereocenters. The van der Waals surface area contributed by atoms with Crippen LogP contribution in [0.15, 0.2) is 0 Å². The van der Waals surface area contributed by atoms with E-state index in [-0.39, 0.29) is 6.10 Å². The van der Waals surface area contributed by atoms with E-state index < -0.39 is 0 Å². The lowest BCUT2D eigenvalue weighted by molar-refractivity contribution is 0.0353. The van der Waals surface area contributed by atoms with Gasteiger partial charge in [0, 0.05) is 19.0 Å². The molecular weight excluding hydrogens is 174 g/mol. The number of piperidine rings is 1. The maximum atomic E-state index is 9.47. The predicted octanol–water partition coefficient (Wildman–Crippen LogP) is 1.32. The summed E-state index contributed by atoms with van der Waals surface area (Å²) in [5, 5.41) is 9.47. The normalized spacial score (nSPS) is 32.2. The lowest BCUT2D eigenvalue weighted by Crippen LogP contribution is -2.42. The van der Waals surface area contributed by atoms with Gasteiger partial charge in [0.1, 0.15) is 0 Å². The Hall–Kier alpha value is 0.210. The molecule has 1 saturated heterocycles. The molecule has 0 radical (unpaired) electrons. The van der Waals surface area contributed by atoms with E-state index in [1.165, 1.54) is 0 Å². The van der Waals surface area contributed by atoms with Gasteiger partial charge in [0.25, 0.3) is 0 Å². The van der Waals surface area contributed by atoms with E-state index in [9.17, 15) is 5.11 Å². The van der Waals surface area contributed by atoms with Crippen molar-refractivity contribution in [2.45, 2.75) is 25.9 Å². The average Bonchev–Trinajstić information content (AvgIpc) is 2.07. The number of alkyl halides is 1. The van der Waals surface area contributed by atoms with Gasteiger partial charge in [0.05, 0.1) is 6.10 Å². The Kier molecular flexibility index (Phi) is 4.33. The number of halogens is 1. The van der Waals surface area contributed by atoms with E-state index in [0.717, 1.165) is 38.4 Å². The third kappa shape index (κ3) is 2.92. The first-order chi connectivity index (χ1) is 5.74. The summed E-state index contributed by atoms with van der Waals surface area (Å²) in [6.07, 6.45) is 1.89. The quantitative estimate of drug-likeness (QED) is 0.681. The third-order valence-electron chi connectivity index (χ3n) is 2.55. The monoisotopic (exact) mass is 191 g/mol. The summed E-state index contributed by atoms with van der Waals surface area (Å²) in [4.78, 5) is 2.39. The van der Waals surface area contributed by atoms with Gasteiger partial charge in [-0.15, -0.1) is 11.6 Å². The second kappa shape index (κ2) is 5.05. The topological polar surface area (TPSA) is 23.5 Å². The lowest BCUT2D eigenvalue weighted by Gasteiger charge is -2.34. The van der Waals surface area contributed by atoms with E-state index in [0.29, 0.717) is 5.92 Å². The Labute approximate surface area is 79.5 Å². The van der Waals surface area contributed by atoms with Crippen LogP contribution in [0.4, 0.5) is 0 Å². The first-order valence-corrected chi connectivity index (χ1v) is 5.24. The predicted molar refractivity (Wildman–Crippen MR) is 51.6 cm³/mol. The maximum absolute atomic E-state index is 9.47. The molecule has 0 aliphatic carbocycles. The molecule has 1 N–H and O–H groups in total. The first-order valence-electron chi connectivity index (χ1n) is 4.70. The molecule has 12 heavy (non-hydrogen) atoms. The summed E-state index contributed by atoms with van der Waals surface area (Å²) in [6, 6.07) is 0. The fourth-order valence-corrected chi connectivity index (χ4v) is 1.83. The average molecular weight is 192 g/mol. The van der Waals surface area contributed by atoms with Crippen molar-refractivity contribution in [1.82, 2.24) is 4.90 Å². The van der Waals surface area contributed by atoms with Crippen molar-refractivity contribution in [2.24, 2.45) is 5.92 Å². The molecule has 3 heteroatoms. The van der Waals surface area contributed by atoms with Gasteiger partial charge in [-0.25, -0.2) is 0 Å². The summed E-state index contributed by atoms with van der Waals surface area (Å²) >= 11 is 5.61. The van der Waals surface area contributed by atoms with Crippen LogP contribution in [0.25, 0.3) is 0 Å². The number of hydrogen-bond acceptors (Lipinski definition) is 2. The van der Waals surface area contributed by atoms with Crippen LogP contribution in [0.1, 0.15) is 19.8 Å². The van der Waals surface area contributed by atoms with Gasteiger partial charge in [-0.05, 0) is 25.3 Å². The molecule has 0 aromatic heterocycles. The molecule has 0 aromatic carbocycles. The van der Waals surface area contributed by atoms with Gasteiger partial charge in [0.2, 0.25) is 0 Å². The number of rotatable bonds is 3. The summed E-state index contributed by atoms with van der Waals surface area (Å²) in [6.45, 7) is 5.25. The van der Waals surface area contributed by atoms with Crippen molar-refractivity contribution in [3.05, 3.63) is 0 Å². The number of aliphatic hydroxyl groups excluding tert-OH is 1. The van der Waals surface area contributed by atoms with Crippen LogP contribution in [0.5, 0.6) is 0 Å². The molecule has 0 saturated carbocycles. The smallest absolute Gasteiger partial charge is 0.0590 e. The molecule has 0 bridgehead atoms. The highest BCUT2D eigenvalue weighted by molar-refractivity contribution is 6.17. The van der Waals surface area contributed by atoms with Gasteiger partial charge in [-0.2, -0.15) is 0 Å². The van der Waals surface area contributed by atoms with Crippen LogP contribution in [0.3, 0.4) is 0 Å². The van der Waals surface area contributed by atoms with Crippen molar-refractivity contribution in [3.63, 3.8) is 0 Å². The van der Waals surface area contributed by atoms with Crippen LogP contribution in [-0.2, 0) is 0 Å². The van der Waals surface area contributed by atoms with Crippen LogP contribution in [0, 0.1) is 5.92 Å². The van der Waals surface area contributed by atoms with Crippen LogP contribution in [-0.4, -0.2) is 41.6 Å². The Bertz CT molecular complexity index is 130. The van der Waals surface area contributed by atoms with E-state index in [1.54, 1.807) is 0 Å². The fraction of sp³-hybridized carbons (Fsp3) is 1.00. The maximum Gasteiger partial charge on any atom is 0.0590 e. The second-order valence-electron chi connectivity index (χ2n) is 3.68. The highest BCUT2D eigenvalue weighted by atomic mass is 35.5. The molecule has 72 valence electrons. The zero-order valence-corrected chi connectivity index (χ0v) is 8.43. The molecule has 1 fully saturated rings. The molecule has 2 nitrogen and oxygen atoms in total. The number of nitrogens with zero attached hydrogens (tertiary/aromatic N) is 1. The minimum absolute atomic E-state index is 0.0859. The molecule has 2 unspecified atom stereocenters. The highest BCUT2D eigenvalue weighted by Gasteiger charge is 2.23. The van der Waals surface area contributed by atoms with E-state index in [2.05, 4.69) is 11.8 Å². The zero-order valence-electron chi connectivity index (χ0n) is 7.67. The Morgan fingerprint density at radius 2 is 2.33 bits per heavy atom. The SMILES string of the molecule is CC1CN(CCCCl)CCC1O. The Morgan fingerprint density at radius 1 is 1.58 bits per heavy atom. The highest BCUT2D eigenvalue weighted by Crippen LogP contribution is 2.16. The summed E-state index contributed by atoms with van der Waals surface area (Å²) in [5.74, 6) is 1.17. The van der Waals surface area contributed by atoms with Gasteiger partial charge in [0.15, 0.2) is 0 Å². The molecule has 1 rings (SSSR count). The number of likely N-dealkylation sites (tertiary alicyclic amines) is 1. The largest absolute Gasteiger partial charge is 0.393 e. The van der Waals surface area contributed by atoms with Crippen molar-refractivity contribution in [1.29, 1.82) is 0 Å². The van der Waals surface area contributed by atoms with Crippen molar-refractivity contribution >= 4 is 11.6 Å². The van der Waals surface area contributed by atoms with Crippen LogP contribution in [0.2, 0.25) is 0 Å². The summed E-state index contributed by atoms with van der Waals surface area (Å²) in [7, 11) is 0. The van der Waals surface area contributed by atoms with Gasteiger partial charge in [-0.1, -0.05) is 6.92 Å². The minimum Gasteiger partial charge on any atom is -0.393 e. The minimum atomic E-state index is -0.0859.